The standard InChI is InChI=1S/C32H38ClN7O2/c1-3-29(41)40-18-17-39(19-23(40)12-14-34)31-25-13-16-38(28-11-5-8-22-7-4-10-26(33)30(22)28)20-27(25)35-32(36-31)42-21-24-9-6-15-37(24)2/h4-5,7-8,10-11,23-24H,3,6,9,12-13,15-21H2,1-2H3/t23-,24+/m1/s1. The van der Waals surface area contributed by atoms with Crippen molar-refractivity contribution < 1.29 is 9.53 Å². The Labute approximate surface area is 252 Å². The number of amides is 1. The van der Waals surface area contributed by atoms with Gasteiger partial charge in [-0.3, -0.25) is 4.79 Å². The van der Waals surface area contributed by atoms with E-state index >= 15 is 0 Å². The number of ether oxygens (including phenoxy) is 1. The Bertz CT molecular complexity index is 1500. The van der Waals surface area contributed by atoms with Crippen LogP contribution in [0, 0.1) is 11.3 Å². The van der Waals surface area contributed by atoms with Crippen molar-refractivity contribution in [3.63, 3.8) is 0 Å². The van der Waals surface area contributed by atoms with E-state index in [-0.39, 0.29) is 11.9 Å². The summed E-state index contributed by atoms with van der Waals surface area (Å²) in [5, 5.41) is 12.4. The highest BCUT2D eigenvalue weighted by atomic mass is 35.5. The molecule has 0 saturated carbocycles. The maximum Gasteiger partial charge on any atom is 0.318 e. The predicted octanol–water partition coefficient (Wildman–Crippen LogP) is 4.66. The lowest BCUT2D eigenvalue weighted by atomic mass is 10.0. The van der Waals surface area contributed by atoms with Gasteiger partial charge in [0.2, 0.25) is 5.91 Å². The quantitative estimate of drug-likeness (QED) is 0.394. The Morgan fingerprint density at radius 1 is 1.10 bits per heavy atom. The van der Waals surface area contributed by atoms with E-state index < -0.39 is 0 Å². The molecule has 2 atom stereocenters. The molecule has 9 nitrogen and oxygen atoms in total. The third-order valence-corrected chi connectivity index (χ3v) is 9.32. The molecule has 6 rings (SSSR count). The molecule has 4 heterocycles. The number of piperazine rings is 1. The van der Waals surface area contributed by atoms with E-state index in [0.717, 1.165) is 64.5 Å². The minimum atomic E-state index is -0.170. The van der Waals surface area contributed by atoms with Gasteiger partial charge in [0.15, 0.2) is 0 Å². The highest BCUT2D eigenvalue weighted by molar-refractivity contribution is 6.36. The largest absolute Gasteiger partial charge is 0.462 e. The number of anilines is 2. The molecule has 0 radical (unpaired) electrons. The van der Waals surface area contributed by atoms with Crippen LogP contribution < -0.4 is 14.5 Å². The Kier molecular flexibility index (Phi) is 8.36. The molecule has 1 amide bonds. The molecule has 0 aliphatic carbocycles. The third-order valence-electron chi connectivity index (χ3n) is 9.00. The first-order chi connectivity index (χ1) is 20.5. The van der Waals surface area contributed by atoms with Crippen LogP contribution >= 0.6 is 11.6 Å². The number of nitrogens with zero attached hydrogens (tertiary/aromatic N) is 7. The monoisotopic (exact) mass is 587 g/mol. The topological polar surface area (TPSA) is 88.8 Å². The Morgan fingerprint density at radius 2 is 1.93 bits per heavy atom. The van der Waals surface area contributed by atoms with Gasteiger partial charge in [0.1, 0.15) is 12.4 Å². The van der Waals surface area contributed by atoms with E-state index in [1.54, 1.807) is 0 Å². The van der Waals surface area contributed by atoms with Crippen LogP contribution in [0.2, 0.25) is 5.02 Å². The molecular weight excluding hydrogens is 550 g/mol. The highest BCUT2D eigenvalue weighted by Crippen LogP contribution is 2.37. The fourth-order valence-electron chi connectivity index (χ4n) is 6.68. The summed E-state index contributed by atoms with van der Waals surface area (Å²) in [5.41, 5.74) is 3.17. The van der Waals surface area contributed by atoms with Crippen molar-refractivity contribution in [1.82, 2.24) is 19.8 Å². The molecule has 0 bridgehead atoms. The Balaban J connectivity index is 1.34. The number of halogens is 1. The Hall–Kier alpha value is -3.61. The first-order valence-corrected chi connectivity index (χ1v) is 15.4. The smallest absolute Gasteiger partial charge is 0.318 e. The normalized spacial score (nSPS) is 21.0. The number of nitriles is 1. The lowest BCUT2D eigenvalue weighted by molar-refractivity contribution is -0.133. The minimum absolute atomic E-state index is 0.0914. The van der Waals surface area contributed by atoms with Crippen LogP contribution in [-0.2, 0) is 17.8 Å². The molecule has 3 aliphatic rings. The summed E-state index contributed by atoms with van der Waals surface area (Å²) in [4.78, 5) is 31.4. The second kappa shape index (κ2) is 12.3. The first kappa shape index (κ1) is 28.5. The van der Waals surface area contributed by atoms with Gasteiger partial charge in [0, 0.05) is 55.3 Å². The van der Waals surface area contributed by atoms with Crippen LogP contribution in [0.15, 0.2) is 36.4 Å². The van der Waals surface area contributed by atoms with Crippen molar-refractivity contribution in [3.8, 4) is 12.1 Å². The molecule has 2 fully saturated rings. The van der Waals surface area contributed by atoms with Crippen molar-refractivity contribution in [2.45, 2.75) is 57.7 Å². The van der Waals surface area contributed by atoms with Crippen molar-refractivity contribution in [3.05, 3.63) is 52.7 Å². The molecule has 2 saturated heterocycles. The zero-order valence-electron chi connectivity index (χ0n) is 24.4. The number of hydrogen-bond acceptors (Lipinski definition) is 8. The third kappa shape index (κ3) is 5.58. The summed E-state index contributed by atoms with van der Waals surface area (Å²) in [6.45, 7) is 6.71. The number of carbonyl (C=O) groups excluding carboxylic acids is 1. The van der Waals surface area contributed by atoms with Gasteiger partial charge >= 0.3 is 6.01 Å². The van der Waals surface area contributed by atoms with E-state index in [1.807, 2.05) is 24.0 Å². The van der Waals surface area contributed by atoms with Crippen molar-refractivity contribution in [2.75, 3.05) is 56.2 Å². The number of hydrogen-bond donors (Lipinski definition) is 0. The lowest BCUT2D eigenvalue weighted by Gasteiger charge is -2.42. The average Bonchev–Trinajstić information content (AvgIpc) is 3.43. The summed E-state index contributed by atoms with van der Waals surface area (Å²) in [5.74, 6) is 0.964. The van der Waals surface area contributed by atoms with E-state index in [2.05, 4.69) is 52.1 Å². The molecule has 220 valence electrons. The van der Waals surface area contributed by atoms with Gasteiger partial charge in [-0.2, -0.15) is 15.2 Å². The zero-order valence-corrected chi connectivity index (χ0v) is 25.2. The molecule has 3 aromatic rings. The molecule has 10 heteroatoms. The van der Waals surface area contributed by atoms with E-state index in [1.165, 1.54) is 6.42 Å². The first-order valence-electron chi connectivity index (χ1n) is 15.0. The number of likely N-dealkylation sites (tertiary alicyclic amines) is 1. The Morgan fingerprint density at radius 3 is 2.69 bits per heavy atom. The molecule has 2 aromatic carbocycles. The SMILES string of the molecule is CCC(=O)N1CCN(c2nc(OC[C@@H]3CCCN3C)nc3c2CCN(c2cccc4cccc(Cl)c24)C3)C[C@H]1CC#N. The second-order valence-corrected chi connectivity index (χ2v) is 11.9. The van der Waals surface area contributed by atoms with Crippen LogP contribution in [0.1, 0.15) is 43.9 Å². The molecule has 42 heavy (non-hydrogen) atoms. The van der Waals surface area contributed by atoms with E-state index in [9.17, 15) is 10.1 Å². The molecule has 0 spiro atoms. The molecule has 0 unspecified atom stereocenters. The minimum Gasteiger partial charge on any atom is -0.462 e. The zero-order chi connectivity index (χ0) is 29.2. The van der Waals surface area contributed by atoms with Crippen LogP contribution in [-0.4, -0.2) is 84.1 Å². The molecular formula is C32H38ClN7O2. The fraction of sp³-hybridized carbons (Fsp3) is 0.500. The number of aromatic nitrogens is 2. The van der Waals surface area contributed by atoms with Crippen LogP contribution in [0.4, 0.5) is 11.5 Å². The fourth-order valence-corrected chi connectivity index (χ4v) is 6.96. The molecule has 0 N–H and O–H groups in total. The van der Waals surface area contributed by atoms with Crippen molar-refractivity contribution in [1.29, 1.82) is 5.26 Å². The average molecular weight is 588 g/mol. The van der Waals surface area contributed by atoms with Gasteiger partial charge in [-0.15, -0.1) is 0 Å². The summed E-state index contributed by atoms with van der Waals surface area (Å²) < 4.78 is 6.29. The van der Waals surface area contributed by atoms with Gasteiger partial charge in [0.25, 0.3) is 0 Å². The van der Waals surface area contributed by atoms with Crippen LogP contribution in [0.25, 0.3) is 10.8 Å². The van der Waals surface area contributed by atoms with Crippen LogP contribution in [0.3, 0.4) is 0 Å². The second-order valence-electron chi connectivity index (χ2n) is 11.5. The summed E-state index contributed by atoms with van der Waals surface area (Å²) >= 11 is 6.70. The van der Waals surface area contributed by atoms with E-state index in [0.29, 0.717) is 57.7 Å². The maximum atomic E-state index is 12.6. The predicted molar refractivity (Wildman–Crippen MR) is 165 cm³/mol. The number of likely N-dealkylation sites (N-methyl/N-ethyl adjacent to an activating group) is 1. The number of fused-ring (bicyclic) bond motifs is 2. The van der Waals surface area contributed by atoms with Gasteiger partial charge in [-0.25, -0.2) is 0 Å². The van der Waals surface area contributed by atoms with Crippen molar-refractivity contribution >= 4 is 39.8 Å². The van der Waals surface area contributed by atoms with Gasteiger partial charge in [0.05, 0.1) is 35.8 Å². The maximum absolute atomic E-state index is 12.6. The van der Waals surface area contributed by atoms with Gasteiger partial charge < -0.3 is 24.3 Å². The summed E-state index contributed by atoms with van der Waals surface area (Å²) in [6, 6.07) is 15.2. The number of rotatable bonds is 7. The number of carbonyl (C=O) groups is 1. The van der Waals surface area contributed by atoms with Gasteiger partial charge in [-0.1, -0.05) is 42.8 Å². The lowest BCUT2D eigenvalue weighted by Crippen LogP contribution is -2.55. The van der Waals surface area contributed by atoms with Crippen LogP contribution in [0.5, 0.6) is 6.01 Å². The highest BCUT2D eigenvalue weighted by Gasteiger charge is 2.34. The molecule has 1 aromatic heterocycles. The van der Waals surface area contributed by atoms with Gasteiger partial charge in [-0.05, 0) is 50.4 Å². The van der Waals surface area contributed by atoms with Crippen molar-refractivity contribution in [2.24, 2.45) is 0 Å². The van der Waals surface area contributed by atoms with E-state index in [4.69, 9.17) is 26.3 Å². The summed E-state index contributed by atoms with van der Waals surface area (Å²) in [7, 11) is 2.14. The molecule has 3 aliphatic heterocycles. The number of benzene rings is 2. The summed E-state index contributed by atoms with van der Waals surface area (Å²) in [6.07, 6.45) is 3.78.